The Morgan fingerprint density at radius 3 is 2.20 bits per heavy atom. The largest absolute Gasteiger partial charge is 0.497 e. The fraction of sp³-hybridized carbons (Fsp3) is 0.625. The molecule has 0 aliphatic carbocycles. The molecule has 1 N–H and O–H groups in total. The first kappa shape index (κ1) is 16.8. The van der Waals surface area contributed by atoms with E-state index in [-0.39, 0.29) is 5.54 Å². The third kappa shape index (κ3) is 3.25. The number of hydrogen-bond acceptors (Lipinski definition) is 4. The number of methoxy groups -OCH3 is 2. The Hall–Kier alpha value is -1.26. The molecule has 0 saturated heterocycles. The monoisotopic (exact) mass is 281 g/mol. The van der Waals surface area contributed by atoms with Gasteiger partial charge in [-0.05, 0) is 39.1 Å². The summed E-state index contributed by atoms with van der Waals surface area (Å²) in [6.45, 7) is 10.1. The molecule has 0 bridgehead atoms. The van der Waals surface area contributed by atoms with Gasteiger partial charge in [0.1, 0.15) is 17.6 Å². The molecule has 1 aromatic rings. The van der Waals surface area contributed by atoms with Gasteiger partial charge in [0.2, 0.25) is 0 Å². The van der Waals surface area contributed by atoms with E-state index in [1.54, 1.807) is 20.3 Å². The van der Waals surface area contributed by atoms with Crippen molar-refractivity contribution in [2.24, 2.45) is 0 Å². The highest BCUT2D eigenvalue weighted by Crippen LogP contribution is 2.37. The molecule has 1 rings (SSSR count). The lowest BCUT2D eigenvalue weighted by atomic mass is 9.88. The van der Waals surface area contributed by atoms with Gasteiger partial charge in [-0.15, -0.1) is 0 Å². The van der Waals surface area contributed by atoms with Crippen LogP contribution in [-0.4, -0.2) is 42.9 Å². The van der Waals surface area contributed by atoms with Crippen molar-refractivity contribution in [1.82, 2.24) is 4.90 Å². The van der Waals surface area contributed by atoms with Gasteiger partial charge in [0.15, 0.2) is 0 Å². The molecule has 20 heavy (non-hydrogen) atoms. The van der Waals surface area contributed by atoms with Crippen molar-refractivity contribution < 1.29 is 14.6 Å². The van der Waals surface area contributed by atoms with E-state index in [0.29, 0.717) is 5.75 Å². The van der Waals surface area contributed by atoms with Crippen LogP contribution in [0.4, 0.5) is 0 Å². The number of aliphatic hydroxyl groups excluding tert-OH is 1. The minimum Gasteiger partial charge on any atom is -0.497 e. The van der Waals surface area contributed by atoms with Crippen molar-refractivity contribution in [1.29, 1.82) is 0 Å². The van der Waals surface area contributed by atoms with Gasteiger partial charge in [-0.25, -0.2) is 0 Å². The summed E-state index contributed by atoms with van der Waals surface area (Å²) in [5, 5.41) is 10.8. The van der Waals surface area contributed by atoms with Crippen LogP contribution in [0.3, 0.4) is 0 Å². The predicted octanol–water partition coefficient (Wildman–Crippen LogP) is 2.86. The number of rotatable bonds is 7. The minimum atomic E-state index is -0.636. The van der Waals surface area contributed by atoms with E-state index >= 15 is 0 Å². The van der Waals surface area contributed by atoms with Crippen LogP contribution >= 0.6 is 0 Å². The van der Waals surface area contributed by atoms with Crippen molar-refractivity contribution >= 4 is 0 Å². The molecule has 0 heterocycles. The Balaban J connectivity index is 3.16. The van der Waals surface area contributed by atoms with E-state index in [4.69, 9.17) is 9.47 Å². The molecule has 0 aromatic heterocycles. The van der Waals surface area contributed by atoms with Gasteiger partial charge >= 0.3 is 0 Å². The van der Waals surface area contributed by atoms with Crippen molar-refractivity contribution in [2.45, 2.75) is 39.3 Å². The SMILES string of the molecule is CCN(CC)C(C)(C)C(O)c1ccc(OC)cc1OC. The summed E-state index contributed by atoms with van der Waals surface area (Å²) < 4.78 is 10.6. The zero-order valence-corrected chi connectivity index (χ0v) is 13.4. The molecule has 0 saturated carbocycles. The number of benzene rings is 1. The second-order valence-corrected chi connectivity index (χ2v) is 5.34. The first-order valence-corrected chi connectivity index (χ1v) is 7.07. The molecule has 1 unspecified atom stereocenters. The van der Waals surface area contributed by atoms with E-state index in [2.05, 4.69) is 18.7 Å². The molecule has 0 spiro atoms. The Morgan fingerprint density at radius 1 is 1.15 bits per heavy atom. The van der Waals surface area contributed by atoms with Crippen molar-refractivity contribution in [3.63, 3.8) is 0 Å². The zero-order chi connectivity index (χ0) is 15.3. The maximum Gasteiger partial charge on any atom is 0.128 e. The molecular formula is C16H27NO3. The minimum absolute atomic E-state index is 0.370. The van der Waals surface area contributed by atoms with E-state index < -0.39 is 6.10 Å². The summed E-state index contributed by atoms with van der Waals surface area (Å²) >= 11 is 0. The average Bonchev–Trinajstić information content (AvgIpc) is 2.46. The molecule has 0 fully saturated rings. The first-order valence-electron chi connectivity index (χ1n) is 7.07. The van der Waals surface area contributed by atoms with Crippen LogP contribution in [0.5, 0.6) is 11.5 Å². The number of ether oxygens (including phenoxy) is 2. The first-order chi connectivity index (χ1) is 9.42. The van der Waals surface area contributed by atoms with Gasteiger partial charge in [-0.1, -0.05) is 13.8 Å². The van der Waals surface area contributed by atoms with Crippen LogP contribution in [0.1, 0.15) is 39.4 Å². The smallest absolute Gasteiger partial charge is 0.128 e. The number of nitrogens with zero attached hydrogens (tertiary/aromatic N) is 1. The standard InChI is InChI=1S/C16H27NO3/c1-7-17(8-2)16(3,4)15(18)13-10-9-12(19-5)11-14(13)20-6/h9-11,15,18H,7-8H2,1-6H3. The Bertz CT molecular complexity index is 428. The molecule has 0 amide bonds. The van der Waals surface area contributed by atoms with Crippen LogP contribution < -0.4 is 9.47 Å². The average molecular weight is 281 g/mol. The highest BCUT2D eigenvalue weighted by Gasteiger charge is 2.35. The molecule has 1 aromatic carbocycles. The molecular weight excluding hydrogens is 254 g/mol. The molecule has 0 radical (unpaired) electrons. The topological polar surface area (TPSA) is 41.9 Å². The normalized spacial score (nSPS) is 13.4. The van der Waals surface area contributed by atoms with Gasteiger partial charge in [0, 0.05) is 17.2 Å². The lowest BCUT2D eigenvalue weighted by Gasteiger charge is -2.41. The summed E-state index contributed by atoms with van der Waals surface area (Å²) in [6, 6.07) is 5.52. The van der Waals surface area contributed by atoms with E-state index in [9.17, 15) is 5.11 Å². The van der Waals surface area contributed by atoms with Crippen LogP contribution in [0, 0.1) is 0 Å². The number of likely N-dealkylation sites (N-methyl/N-ethyl adjacent to an activating group) is 1. The molecule has 0 aliphatic heterocycles. The van der Waals surface area contributed by atoms with Crippen LogP contribution in [-0.2, 0) is 0 Å². The number of hydrogen-bond donors (Lipinski definition) is 1. The van der Waals surface area contributed by atoms with E-state index in [1.165, 1.54) is 0 Å². The number of aliphatic hydroxyl groups is 1. The van der Waals surface area contributed by atoms with Gasteiger partial charge in [-0.3, -0.25) is 4.90 Å². The highest BCUT2D eigenvalue weighted by atomic mass is 16.5. The summed E-state index contributed by atoms with van der Waals surface area (Å²) in [5.74, 6) is 1.37. The summed E-state index contributed by atoms with van der Waals surface area (Å²) in [5.41, 5.74) is 0.413. The maximum absolute atomic E-state index is 10.8. The summed E-state index contributed by atoms with van der Waals surface area (Å²) in [4.78, 5) is 2.24. The second-order valence-electron chi connectivity index (χ2n) is 5.34. The Morgan fingerprint density at radius 2 is 1.75 bits per heavy atom. The highest BCUT2D eigenvalue weighted by molar-refractivity contribution is 5.43. The molecule has 114 valence electrons. The molecule has 4 nitrogen and oxygen atoms in total. The van der Waals surface area contributed by atoms with Gasteiger partial charge in [-0.2, -0.15) is 0 Å². The van der Waals surface area contributed by atoms with Crippen molar-refractivity contribution in [3.05, 3.63) is 23.8 Å². The second kappa shape index (κ2) is 6.95. The van der Waals surface area contributed by atoms with Gasteiger partial charge < -0.3 is 14.6 Å². The summed E-state index contributed by atoms with van der Waals surface area (Å²) in [6.07, 6.45) is -0.636. The molecule has 1 atom stereocenters. The fourth-order valence-electron chi connectivity index (χ4n) is 2.64. The lowest BCUT2D eigenvalue weighted by molar-refractivity contribution is -0.00745. The van der Waals surface area contributed by atoms with E-state index in [1.807, 2.05) is 26.0 Å². The molecule has 4 heteroatoms. The van der Waals surface area contributed by atoms with Crippen molar-refractivity contribution in [3.8, 4) is 11.5 Å². The lowest BCUT2D eigenvalue weighted by Crippen LogP contribution is -2.48. The quantitative estimate of drug-likeness (QED) is 0.834. The van der Waals surface area contributed by atoms with Gasteiger partial charge in [0.25, 0.3) is 0 Å². The van der Waals surface area contributed by atoms with Crippen molar-refractivity contribution in [2.75, 3.05) is 27.3 Å². The third-order valence-electron chi connectivity index (χ3n) is 3.98. The maximum atomic E-state index is 10.8. The summed E-state index contributed by atoms with van der Waals surface area (Å²) in [7, 11) is 3.22. The van der Waals surface area contributed by atoms with Gasteiger partial charge in [0.05, 0.1) is 14.2 Å². The van der Waals surface area contributed by atoms with Crippen LogP contribution in [0.2, 0.25) is 0 Å². The van der Waals surface area contributed by atoms with Crippen LogP contribution in [0.15, 0.2) is 18.2 Å². The zero-order valence-electron chi connectivity index (χ0n) is 13.4. The van der Waals surface area contributed by atoms with E-state index in [0.717, 1.165) is 24.4 Å². The Kier molecular flexibility index (Phi) is 5.84. The third-order valence-corrected chi connectivity index (χ3v) is 3.98. The fourth-order valence-corrected chi connectivity index (χ4v) is 2.64. The van der Waals surface area contributed by atoms with Crippen LogP contribution in [0.25, 0.3) is 0 Å². The predicted molar refractivity (Wildman–Crippen MR) is 81.5 cm³/mol. The Labute approximate surface area is 122 Å². The molecule has 0 aliphatic rings.